The monoisotopic (exact) mass is 213 g/mol. The molecule has 82 valence electrons. The first-order chi connectivity index (χ1) is 7.70. The maximum atomic E-state index is 11.4. The number of benzene rings is 1. The van der Waals surface area contributed by atoms with E-state index in [9.17, 15) is 4.79 Å². The van der Waals surface area contributed by atoms with Gasteiger partial charge in [0.2, 0.25) is 5.91 Å². The van der Waals surface area contributed by atoms with Crippen molar-refractivity contribution in [3.8, 4) is 0 Å². The van der Waals surface area contributed by atoms with Gasteiger partial charge in [-0.05, 0) is 29.2 Å². The van der Waals surface area contributed by atoms with Crippen molar-refractivity contribution in [2.75, 3.05) is 13.6 Å². The molecule has 0 saturated carbocycles. The summed E-state index contributed by atoms with van der Waals surface area (Å²) in [5.41, 5.74) is 3.90. The molecule has 0 unspecified atom stereocenters. The summed E-state index contributed by atoms with van der Waals surface area (Å²) >= 11 is 0. The highest BCUT2D eigenvalue weighted by molar-refractivity contribution is 5.87. The van der Waals surface area contributed by atoms with Gasteiger partial charge in [0.25, 0.3) is 0 Å². The molecule has 0 radical (unpaired) electrons. The minimum atomic E-state index is -0.0307. The van der Waals surface area contributed by atoms with Crippen molar-refractivity contribution < 1.29 is 4.79 Å². The van der Waals surface area contributed by atoms with Crippen molar-refractivity contribution in [2.24, 2.45) is 0 Å². The molecular formula is C14H15NO. The van der Waals surface area contributed by atoms with Crippen LogP contribution in [0, 0.1) is 0 Å². The lowest BCUT2D eigenvalue weighted by Gasteiger charge is -2.15. The van der Waals surface area contributed by atoms with E-state index in [4.69, 9.17) is 0 Å². The number of hydrogen-bond donors (Lipinski definition) is 0. The van der Waals surface area contributed by atoms with Crippen LogP contribution in [0.25, 0.3) is 6.08 Å². The van der Waals surface area contributed by atoms with Crippen molar-refractivity contribution in [1.29, 1.82) is 0 Å². The van der Waals surface area contributed by atoms with Gasteiger partial charge in [0, 0.05) is 13.6 Å². The van der Waals surface area contributed by atoms with Gasteiger partial charge in [0.15, 0.2) is 0 Å². The lowest BCUT2D eigenvalue weighted by molar-refractivity contribution is -0.124. The standard InChI is InChI=1S/C14H15NO/c1-3-14(16)15(2)10-11-8-12-6-4-5-7-13(12)9-11/h3-8H,1,9-10H2,2H3. The van der Waals surface area contributed by atoms with Crippen LogP contribution in [0.15, 0.2) is 42.5 Å². The fraction of sp³-hybridized carbons (Fsp3) is 0.214. The molecule has 2 nitrogen and oxygen atoms in total. The number of amides is 1. The normalized spacial score (nSPS) is 12.9. The van der Waals surface area contributed by atoms with E-state index >= 15 is 0 Å². The van der Waals surface area contributed by atoms with Gasteiger partial charge in [0.1, 0.15) is 0 Å². The first-order valence-corrected chi connectivity index (χ1v) is 5.35. The molecule has 0 bridgehead atoms. The summed E-state index contributed by atoms with van der Waals surface area (Å²) in [4.78, 5) is 13.0. The third-order valence-corrected chi connectivity index (χ3v) is 2.82. The fourth-order valence-corrected chi connectivity index (χ4v) is 1.99. The van der Waals surface area contributed by atoms with Gasteiger partial charge in [-0.3, -0.25) is 4.79 Å². The Balaban J connectivity index is 2.06. The molecule has 2 heteroatoms. The predicted octanol–water partition coefficient (Wildman–Crippen LogP) is 2.27. The fourth-order valence-electron chi connectivity index (χ4n) is 1.99. The summed E-state index contributed by atoms with van der Waals surface area (Å²) in [7, 11) is 1.80. The molecular weight excluding hydrogens is 198 g/mol. The van der Waals surface area contributed by atoms with Crippen molar-refractivity contribution in [3.05, 3.63) is 53.6 Å². The van der Waals surface area contributed by atoms with Crippen LogP contribution in [0.4, 0.5) is 0 Å². The summed E-state index contributed by atoms with van der Waals surface area (Å²) < 4.78 is 0. The molecule has 0 spiro atoms. The Morgan fingerprint density at radius 3 is 2.94 bits per heavy atom. The predicted molar refractivity (Wildman–Crippen MR) is 66.0 cm³/mol. The van der Waals surface area contributed by atoms with Crippen LogP contribution in [-0.2, 0) is 11.2 Å². The molecule has 1 aliphatic rings. The average molecular weight is 213 g/mol. The van der Waals surface area contributed by atoms with Crippen molar-refractivity contribution in [1.82, 2.24) is 4.90 Å². The van der Waals surface area contributed by atoms with Crippen LogP contribution in [-0.4, -0.2) is 24.4 Å². The van der Waals surface area contributed by atoms with Gasteiger partial charge in [-0.2, -0.15) is 0 Å². The Morgan fingerprint density at radius 2 is 2.25 bits per heavy atom. The Morgan fingerprint density at radius 1 is 1.50 bits per heavy atom. The highest BCUT2D eigenvalue weighted by atomic mass is 16.2. The third kappa shape index (κ3) is 2.06. The second kappa shape index (κ2) is 4.35. The molecule has 0 heterocycles. The molecule has 16 heavy (non-hydrogen) atoms. The second-order valence-electron chi connectivity index (χ2n) is 4.08. The van der Waals surface area contributed by atoms with Crippen LogP contribution in [0.2, 0.25) is 0 Å². The van der Waals surface area contributed by atoms with E-state index < -0.39 is 0 Å². The Labute approximate surface area is 95.9 Å². The van der Waals surface area contributed by atoms with Gasteiger partial charge in [-0.25, -0.2) is 0 Å². The summed E-state index contributed by atoms with van der Waals surface area (Å²) in [5.74, 6) is -0.0307. The van der Waals surface area contributed by atoms with E-state index in [0.29, 0.717) is 6.54 Å². The molecule has 0 saturated heterocycles. The van der Waals surface area contributed by atoms with Crippen LogP contribution < -0.4 is 0 Å². The Kier molecular flexibility index (Phi) is 2.91. The topological polar surface area (TPSA) is 20.3 Å². The summed E-state index contributed by atoms with van der Waals surface area (Å²) in [6.45, 7) is 4.17. The molecule has 1 aromatic carbocycles. The Bertz CT molecular complexity index is 460. The number of fused-ring (bicyclic) bond motifs is 1. The van der Waals surface area contributed by atoms with Crippen molar-refractivity contribution in [2.45, 2.75) is 6.42 Å². The molecule has 1 aromatic rings. The SMILES string of the molecule is C=CC(=O)N(C)CC1=Cc2ccccc2C1. The number of likely N-dealkylation sites (N-methyl/N-ethyl adjacent to an activating group) is 1. The Hall–Kier alpha value is -1.83. The van der Waals surface area contributed by atoms with Gasteiger partial charge >= 0.3 is 0 Å². The second-order valence-corrected chi connectivity index (χ2v) is 4.08. The molecule has 0 fully saturated rings. The van der Waals surface area contributed by atoms with Gasteiger partial charge in [-0.15, -0.1) is 0 Å². The number of hydrogen-bond acceptors (Lipinski definition) is 1. The number of carbonyl (C=O) groups is 1. The van der Waals surface area contributed by atoms with E-state index in [2.05, 4.69) is 24.8 Å². The maximum absolute atomic E-state index is 11.4. The van der Waals surface area contributed by atoms with Crippen molar-refractivity contribution >= 4 is 12.0 Å². The van der Waals surface area contributed by atoms with E-state index in [-0.39, 0.29) is 5.91 Å². The van der Waals surface area contributed by atoms with Gasteiger partial charge in [-0.1, -0.05) is 36.9 Å². The summed E-state index contributed by atoms with van der Waals surface area (Å²) in [6.07, 6.45) is 4.47. The smallest absolute Gasteiger partial charge is 0.245 e. The number of nitrogens with zero attached hydrogens (tertiary/aromatic N) is 1. The highest BCUT2D eigenvalue weighted by Crippen LogP contribution is 2.24. The minimum absolute atomic E-state index is 0.0307. The van der Waals surface area contributed by atoms with E-state index in [1.807, 2.05) is 12.1 Å². The molecule has 0 aliphatic heterocycles. The third-order valence-electron chi connectivity index (χ3n) is 2.82. The zero-order valence-electron chi connectivity index (χ0n) is 9.44. The van der Waals surface area contributed by atoms with Crippen LogP contribution >= 0.6 is 0 Å². The first-order valence-electron chi connectivity index (χ1n) is 5.35. The summed E-state index contributed by atoms with van der Waals surface area (Å²) in [6, 6.07) is 8.33. The van der Waals surface area contributed by atoms with Gasteiger partial charge < -0.3 is 4.90 Å². The molecule has 0 atom stereocenters. The average Bonchev–Trinajstić information content (AvgIpc) is 2.69. The molecule has 1 amide bonds. The lowest BCUT2D eigenvalue weighted by Crippen LogP contribution is -2.26. The van der Waals surface area contributed by atoms with E-state index in [1.54, 1.807) is 11.9 Å². The van der Waals surface area contributed by atoms with Crippen molar-refractivity contribution in [3.63, 3.8) is 0 Å². The molecule has 1 aliphatic carbocycles. The zero-order chi connectivity index (χ0) is 11.5. The molecule has 2 rings (SSSR count). The highest BCUT2D eigenvalue weighted by Gasteiger charge is 2.14. The van der Waals surface area contributed by atoms with E-state index in [0.717, 1.165) is 6.42 Å². The van der Waals surface area contributed by atoms with E-state index in [1.165, 1.54) is 22.8 Å². The van der Waals surface area contributed by atoms with Crippen LogP contribution in [0.3, 0.4) is 0 Å². The largest absolute Gasteiger partial charge is 0.338 e. The quantitative estimate of drug-likeness (QED) is 0.705. The zero-order valence-corrected chi connectivity index (χ0v) is 9.44. The number of carbonyl (C=O) groups excluding carboxylic acids is 1. The molecule has 0 aromatic heterocycles. The van der Waals surface area contributed by atoms with Crippen LogP contribution in [0.1, 0.15) is 11.1 Å². The van der Waals surface area contributed by atoms with Crippen LogP contribution in [0.5, 0.6) is 0 Å². The summed E-state index contributed by atoms with van der Waals surface area (Å²) in [5, 5.41) is 0. The van der Waals surface area contributed by atoms with Gasteiger partial charge in [0.05, 0.1) is 0 Å². The lowest BCUT2D eigenvalue weighted by atomic mass is 10.1. The maximum Gasteiger partial charge on any atom is 0.245 e. The minimum Gasteiger partial charge on any atom is -0.338 e. The number of rotatable bonds is 3. The first kappa shape index (κ1) is 10.7. The molecule has 0 N–H and O–H groups in total.